The van der Waals surface area contributed by atoms with E-state index in [9.17, 15) is 9.59 Å². The Morgan fingerprint density at radius 2 is 1.50 bits per heavy atom. The largest absolute Gasteiger partial charge is 0.493 e. The number of nitrogens with two attached hydrogens (primary N) is 1. The second kappa shape index (κ2) is 5.77. The number of rotatable bonds is 4. The molecule has 1 heterocycles. The van der Waals surface area contributed by atoms with Crippen LogP contribution in [0.2, 0.25) is 0 Å². The van der Waals surface area contributed by atoms with Crippen LogP contribution >= 0.6 is 0 Å². The number of amides is 2. The van der Waals surface area contributed by atoms with Crippen LogP contribution in [0.1, 0.15) is 20.7 Å². The van der Waals surface area contributed by atoms with Crippen LogP contribution in [0, 0.1) is 0 Å². The number of fused-ring (bicyclic) bond motifs is 1. The van der Waals surface area contributed by atoms with Gasteiger partial charge in [-0.25, -0.2) is 4.90 Å². The molecule has 1 aliphatic heterocycles. The summed E-state index contributed by atoms with van der Waals surface area (Å²) in [7, 11) is 4.37. The molecule has 2 aromatic rings. The Morgan fingerprint density at radius 1 is 0.833 bits per heavy atom. The number of methoxy groups -OCH3 is 3. The summed E-state index contributed by atoms with van der Waals surface area (Å²) in [5, 5.41) is 0. The zero-order chi connectivity index (χ0) is 17.4. The van der Waals surface area contributed by atoms with Crippen molar-refractivity contribution in [2.75, 3.05) is 32.0 Å². The third-order valence-corrected chi connectivity index (χ3v) is 3.83. The second-order valence-corrected chi connectivity index (χ2v) is 5.10. The molecule has 0 radical (unpaired) electrons. The number of hydrogen-bond donors (Lipinski definition) is 1. The maximum Gasteiger partial charge on any atom is 0.266 e. The van der Waals surface area contributed by atoms with Gasteiger partial charge in [-0.05, 0) is 30.3 Å². The van der Waals surface area contributed by atoms with Crippen LogP contribution in [0.25, 0.3) is 0 Å². The normalized spacial score (nSPS) is 13.0. The zero-order valence-electron chi connectivity index (χ0n) is 13.5. The fourth-order valence-electron chi connectivity index (χ4n) is 2.74. The summed E-state index contributed by atoms with van der Waals surface area (Å²) < 4.78 is 15.9. The Morgan fingerprint density at radius 3 is 2.12 bits per heavy atom. The van der Waals surface area contributed by atoms with Crippen molar-refractivity contribution in [2.45, 2.75) is 0 Å². The lowest BCUT2D eigenvalue weighted by molar-refractivity contribution is 0.0925. The summed E-state index contributed by atoms with van der Waals surface area (Å²) in [4.78, 5) is 26.4. The Labute approximate surface area is 138 Å². The number of anilines is 2. The van der Waals surface area contributed by atoms with E-state index in [-0.39, 0.29) is 17.0 Å². The van der Waals surface area contributed by atoms with Crippen molar-refractivity contribution in [1.82, 2.24) is 0 Å². The summed E-state index contributed by atoms with van der Waals surface area (Å²) in [5.41, 5.74) is 6.97. The minimum Gasteiger partial charge on any atom is -0.493 e. The van der Waals surface area contributed by atoms with Gasteiger partial charge in [-0.15, -0.1) is 0 Å². The summed E-state index contributed by atoms with van der Waals surface area (Å²) in [6.45, 7) is 0. The van der Waals surface area contributed by atoms with Gasteiger partial charge in [0.25, 0.3) is 11.8 Å². The highest BCUT2D eigenvalue weighted by molar-refractivity contribution is 6.35. The monoisotopic (exact) mass is 328 g/mol. The number of ether oxygens (including phenoxy) is 3. The molecule has 0 fully saturated rings. The number of nitrogens with zero attached hydrogens (tertiary/aromatic N) is 1. The maximum absolute atomic E-state index is 12.7. The Hall–Kier alpha value is -3.22. The lowest BCUT2D eigenvalue weighted by Gasteiger charge is -2.20. The SMILES string of the molecule is COc1ccc(N2C(=O)c3ccc(N)cc3C2=O)c(OC)c1OC. The molecule has 1 aliphatic rings. The van der Waals surface area contributed by atoms with Crippen LogP contribution in [0.3, 0.4) is 0 Å². The van der Waals surface area contributed by atoms with Gasteiger partial charge < -0.3 is 19.9 Å². The van der Waals surface area contributed by atoms with Gasteiger partial charge >= 0.3 is 0 Å². The molecular formula is C17H16N2O5. The van der Waals surface area contributed by atoms with Gasteiger partial charge in [-0.1, -0.05) is 0 Å². The first kappa shape index (κ1) is 15.7. The lowest BCUT2D eigenvalue weighted by Crippen LogP contribution is -2.29. The van der Waals surface area contributed by atoms with Crippen molar-refractivity contribution in [2.24, 2.45) is 0 Å². The van der Waals surface area contributed by atoms with E-state index in [1.165, 1.54) is 33.5 Å². The van der Waals surface area contributed by atoms with Gasteiger partial charge in [-0.2, -0.15) is 0 Å². The standard InChI is InChI=1S/C17H16N2O5/c1-22-13-7-6-12(14(23-2)15(13)24-3)19-16(20)10-5-4-9(18)8-11(10)17(19)21/h4-8H,18H2,1-3H3. The number of carbonyl (C=O) groups is 2. The fraction of sp³-hybridized carbons (Fsp3) is 0.176. The highest BCUT2D eigenvalue weighted by Gasteiger charge is 2.39. The van der Waals surface area contributed by atoms with Crippen molar-refractivity contribution < 1.29 is 23.8 Å². The molecular weight excluding hydrogens is 312 g/mol. The predicted molar refractivity (Wildman–Crippen MR) is 88.1 cm³/mol. The van der Waals surface area contributed by atoms with Crippen molar-refractivity contribution in [1.29, 1.82) is 0 Å². The molecule has 0 atom stereocenters. The van der Waals surface area contributed by atoms with Crippen molar-refractivity contribution in [3.05, 3.63) is 41.5 Å². The third-order valence-electron chi connectivity index (χ3n) is 3.83. The molecule has 0 aliphatic carbocycles. The van der Waals surface area contributed by atoms with Gasteiger partial charge in [0.2, 0.25) is 5.75 Å². The topological polar surface area (TPSA) is 91.1 Å². The average Bonchev–Trinajstić information content (AvgIpc) is 2.83. The van der Waals surface area contributed by atoms with Crippen LogP contribution in [-0.2, 0) is 0 Å². The summed E-state index contributed by atoms with van der Waals surface area (Å²) >= 11 is 0. The van der Waals surface area contributed by atoms with E-state index in [4.69, 9.17) is 19.9 Å². The molecule has 0 saturated carbocycles. The lowest BCUT2D eigenvalue weighted by atomic mass is 10.1. The number of imide groups is 1. The highest BCUT2D eigenvalue weighted by atomic mass is 16.5. The number of nitrogen functional groups attached to an aromatic ring is 1. The average molecular weight is 328 g/mol. The van der Waals surface area contributed by atoms with E-state index in [1.807, 2.05) is 0 Å². The second-order valence-electron chi connectivity index (χ2n) is 5.10. The number of benzene rings is 2. The summed E-state index contributed by atoms with van der Waals surface area (Å²) in [5.74, 6) is 0.0557. The number of hydrogen-bond acceptors (Lipinski definition) is 6. The van der Waals surface area contributed by atoms with Crippen LogP contribution in [0.5, 0.6) is 17.2 Å². The Balaban J connectivity index is 2.17. The zero-order valence-corrected chi connectivity index (χ0v) is 13.5. The van der Waals surface area contributed by atoms with Crippen LogP contribution < -0.4 is 24.8 Å². The molecule has 124 valence electrons. The first-order chi connectivity index (χ1) is 11.5. The molecule has 7 nitrogen and oxygen atoms in total. The molecule has 0 saturated heterocycles. The molecule has 7 heteroatoms. The minimum atomic E-state index is -0.465. The Bertz CT molecular complexity index is 847. The quantitative estimate of drug-likeness (QED) is 0.682. The van der Waals surface area contributed by atoms with E-state index in [1.54, 1.807) is 18.2 Å². The van der Waals surface area contributed by atoms with Gasteiger partial charge in [-0.3, -0.25) is 9.59 Å². The summed E-state index contributed by atoms with van der Waals surface area (Å²) in [6.07, 6.45) is 0. The molecule has 0 bridgehead atoms. The van der Waals surface area contributed by atoms with Gasteiger partial charge in [0.15, 0.2) is 11.5 Å². The Kier molecular flexibility index (Phi) is 3.76. The van der Waals surface area contributed by atoms with Crippen LogP contribution in [0.15, 0.2) is 30.3 Å². The van der Waals surface area contributed by atoms with E-state index in [0.717, 1.165) is 4.90 Å². The third kappa shape index (κ3) is 2.13. The maximum atomic E-state index is 12.7. The minimum absolute atomic E-state index is 0.235. The van der Waals surface area contributed by atoms with Crippen molar-refractivity contribution in [3.8, 4) is 17.2 Å². The first-order valence-electron chi connectivity index (χ1n) is 7.10. The molecule has 0 unspecified atom stereocenters. The van der Waals surface area contributed by atoms with E-state index < -0.39 is 11.8 Å². The smallest absolute Gasteiger partial charge is 0.266 e. The van der Waals surface area contributed by atoms with E-state index >= 15 is 0 Å². The first-order valence-corrected chi connectivity index (χ1v) is 7.10. The number of carbonyl (C=O) groups excluding carboxylic acids is 2. The van der Waals surface area contributed by atoms with Gasteiger partial charge in [0.1, 0.15) is 0 Å². The molecule has 24 heavy (non-hydrogen) atoms. The van der Waals surface area contributed by atoms with Gasteiger partial charge in [0, 0.05) is 5.69 Å². The molecule has 0 spiro atoms. The van der Waals surface area contributed by atoms with Crippen molar-refractivity contribution >= 4 is 23.2 Å². The molecule has 3 rings (SSSR count). The predicted octanol–water partition coefficient (Wildman–Crippen LogP) is 2.10. The molecule has 2 amide bonds. The van der Waals surface area contributed by atoms with Crippen molar-refractivity contribution in [3.63, 3.8) is 0 Å². The molecule has 0 aromatic heterocycles. The van der Waals surface area contributed by atoms with E-state index in [0.29, 0.717) is 22.7 Å². The van der Waals surface area contributed by atoms with Gasteiger partial charge in [0.05, 0.1) is 38.1 Å². The molecule has 2 aromatic carbocycles. The fourth-order valence-corrected chi connectivity index (χ4v) is 2.74. The van der Waals surface area contributed by atoms with E-state index in [2.05, 4.69) is 0 Å². The highest BCUT2D eigenvalue weighted by Crippen LogP contribution is 2.46. The summed E-state index contributed by atoms with van der Waals surface area (Å²) in [6, 6.07) is 7.79. The van der Waals surface area contributed by atoms with Crippen LogP contribution in [0.4, 0.5) is 11.4 Å². The molecule has 2 N–H and O–H groups in total. The van der Waals surface area contributed by atoms with Crippen LogP contribution in [-0.4, -0.2) is 33.1 Å².